The number of hydrogen-bond donors (Lipinski definition) is 2. The Balaban J connectivity index is 1.37. The molecular formula is C28H21ClN8O2S2. The zero-order valence-electron chi connectivity index (χ0n) is 21.5. The third-order valence-corrected chi connectivity index (χ3v) is 8.77. The van der Waals surface area contributed by atoms with Crippen LogP contribution >= 0.6 is 34.7 Å². The molecule has 0 fully saturated rings. The second-order valence-corrected chi connectivity index (χ2v) is 11.7. The number of thioether (sulfide) groups is 1. The van der Waals surface area contributed by atoms with Crippen molar-refractivity contribution in [1.29, 1.82) is 5.41 Å². The van der Waals surface area contributed by atoms with Crippen LogP contribution in [0, 0.1) is 12.3 Å². The molecule has 41 heavy (non-hydrogen) atoms. The highest BCUT2D eigenvalue weighted by atomic mass is 35.5. The maximum Gasteiger partial charge on any atom is 0.267 e. The number of fused-ring (bicyclic) bond motifs is 2. The second kappa shape index (κ2) is 11.2. The fraction of sp³-hybridized carbons (Fsp3) is 0.107. The number of rotatable bonds is 7. The van der Waals surface area contributed by atoms with Gasteiger partial charge >= 0.3 is 0 Å². The Labute approximate surface area is 246 Å². The van der Waals surface area contributed by atoms with Gasteiger partial charge in [0.05, 0.1) is 17.5 Å². The first kappa shape index (κ1) is 26.8. The number of pyridine rings is 3. The van der Waals surface area contributed by atoms with Gasteiger partial charge in [0.1, 0.15) is 16.8 Å². The number of benzene rings is 1. The molecule has 1 aromatic carbocycles. The van der Waals surface area contributed by atoms with Gasteiger partial charge in [0.2, 0.25) is 5.13 Å². The van der Waals surface area contributed by atoms with Crippen LogP contribution in [0.3, 0.4) is 0 Å². The summed E-state index contributed by atoms with van der Waals surface area (Å²) in [7, 11) is 0. The average molecular weight is 601 g/mol. The predicted molar refractivity (Wildman–Crippen MR) is 160 cm³/mol. The molecular weight excluding hydrogens is 580 g/mol. The first-order chi connectivity index (χ1) is 19.9. The molecule has 13 heteroatoms. The summed E-state index contributed by atoms with van der Waals surface area (Å²) in [6.45, 7) is 2.06. The molecule has 0 atom stereocenters. The molecule has 0 unspecified atom stereocenters. The van der Waals surface area contributed by atoms with Crippen molar-refractivity contribution < 1.29 is 4.79 Å². The summed E-state index contributed by atoms with van der Waals surface area (Å²) in [6, 6.07) is 16.3. The zero-order chi connectivity index (χ0) is 28.5. The smallest absolute Gasteiger partial charge is 0.267 e. The summed E-state index contributed by atoms with van der Waals surface area (Å²) < 4.78 is 3.66. The number of nitrogens with one attached hydrogen (secondary N) is 2. The van der Waals surface area contributed by atoms with E-state index < -0.39 is 5.91 Å². The van der Waals surface area contributed by atoms with Crippen molar-refractivity contribution in [3.05, 3.63) is 116 Å². The SMILES string of the molecule is Cc1cccn2c(=O)c3cc(C(=O)Nc4nnc(SCc5ccccc5Cl)s4)c(=N)n(Cc4cccnc4)c3nc12. The Morgan fingerprint density at radius 2 is 1.98 bits per heavy atom. The topological polar surface area (TPSA) is 131 Å². The van der Waals surface area contributed by atoms with E-state index in [1.165, 1.54) is 33.6 Å². The minimum atomic E-state index is -0.579. The molecule has 10 nitrogen and oxygen atoms in total. The molecule has 0 aliphatic rings. The largest absolute Gasteiger partial charge is 0.306 e. The third-order valence-electron chi connectivity index (χ3n) is 6.38. The lowest BCUT2D eigenvalue weighted by Gasteiger charge is -2.15. The van der Waals surface area contributed by atoms with Gasteiger partial charge < -0.3 is 4.57 Å². The van der Waals surface area contributed by atoms with E-state index >= 15 is 0 Å². The van der Waals surface area contributed by atoms with Crippen molar-refractivity contribution in [2.24, 2.45) is 0 Å². The Morgan fingerprint density at radius 3 is 2.78 bits per heavy atom. The van der Waals surface area contributed by atoms with Crippen LogP contribution in [0.2, 0.25) is 5.02 Å². The Hall–Kier alpha value is -4.39. The van der Waals surface area contributed by atoms with Crippen LogP contribution < -0.4 is 16.4 Å². The number of hydrogen-bond acceptors (Lipinski definition) is 9. The van der Waals surface area contributed by atoms with Crippen LogP contribution in [-0.4, -0.2) is 35.0 Å². The molecule has 5 heterocycles. The van der Waals surface area contributed by atoms with Crippen molar-refractivity contribution in [3.63, 3.8) is 0 Å². The Kier molecular flexibility index (Phi) is 7.35. The molecule has 1 amide bonds. The van der Waals surface area contributed by atoms with Crippen LogP contribution in [0.4, 0.5) is 5.13 Å². The molecule has 0 spiro atoms. The number of nitrogens with zero attached hydrogens (tertiary/aromatic N) is 6. The van der Waals surface area contributed by atoms with Gasteiger partial charge in [-0.1, -0.05) is 65.0 Å². The Morgan fingerprint density at radius 1 is 1.12 bits per heavy atom. The van der Waals surface area contributed by atoms with Gasteiger partial charge in [-0.25, -0.2) is 4.98 Å². The molecule has 0 radical (unpaired) electrons. The highest BCUT2D eigenvalue weighted by Gasteiger charge is 2.20. The number of aromatic nitrogens is 6. The van der Waals surface area contributed by atoms with Crippen molar-refractivity contribution in [1.82, 2.24) is 29.1 Å². The van der Waals surface area contributed by atoms with Gasteiger partial charge in [-0.05, 0) is 47.9 Å². The maximum absolute atomic E-state index is 13.6. The summed E-state index contributed by atoms with van der Waals surface area (Å²) in [5.74, 6) is 0.0204. The summed E-state index contributed by atoms with van der Waals surface area (Å²) in [5, 5.41) is 21.1. The lowest BCUT2D eigenvalue weighted by Crippen LogP contribution is -2.32. The van der Waals surface area contributed by atoms with E-state index in [4.69, 9.17) is 22.0 Å². The van der Waals surface area contributed by atoms with Gasteiger partial charge in [0.25, 0.3) is 11.5 Å². The highest BCUT2D eigenvalue weighted by Crippen LogP contribution is 2.30. The van der Waals surface area contributed by atoms with E-state index in [0.29, 0.717) is 26.4 Å². The molecule has 0 saturated carbocycles. The summed E-state index contributed by atoms with van der Waals surface area (Å²) >= 11 is 8.92. The molecule has 0 aliphatic heterocycles. The van der Waals surface area contributed by atoms with Crippen LogP contribution in [0.5, 0.6) is 0 Å². The molecule has 0 saturated heterocycles. The van der Waals surface area contributed by atoms with E-state index in [-0.39, 0.29) is 33.7 Å². The van der Waals surface area contributed by atoms with Crippen LogP contribution in [0.15, 0.2) is 82.3 Å². The molecule has 204 valence electrons. The van der Waals surface area contributed by atoms with E-state index in [1.54, 1.807) is 35.3 Å². The van der Waals surface area contributed by atoms with Crippen LogP contribution in [0.25, 0.3) is 16.7 Å². The molecule has 6 rings (SSSR count). The van der Waals surface area contributed by atoms with Crippen molar-refractivity contribution in [3.8, 4) is 0 Å². The second-order valence-electron chi connectivity index (χ2n) is 9.10. The number of carbonyl (C=O) groups excluding carboxylic acids is 1. The summed E-state index contributed by atoms with van der Waals surface area (Å²) in [4.78, 5) is 36.0. The number of carbonyl (C=O) groups is 1. The number of halogens is 1. The molecule has 2 N–H and O–H groups in total. The van der Waals surface area contributed by atoms with E-state index in [2.05, 4.69) is 20.5 Å². The minimum Gasteiger partial charge on any atom is -0.306 e. The van der Waals surface area contributed by atoms with Gasteiger partial charge in [0, 0.05) is 29.4 Å². The van der Waals surface area contributed by atoms with Crippen molar-refractivity contribution in [2.45, 2.75) is 23.6 Å². The normalized spacial score (nSPS) is 11.3. The lowest BCUT2D eigenvalue weighted by atomic mass is 10.1. The first-order valence-corrected chi connectivity index (χ1v) is 14.6. The van der Waals surface area contributed by atoms with Crippen molar-refractivity contribution in [2.75, 3.05) is 5.32 Å². The molecule has 6 aromatic rings. The van der Waals surface area contributed by atoms with Gasteiger partial charge in [-0.2, -0.15) is 0 Å². The van der Waals surface area contributed by atoms with Gasteiger partial charge in [-0.3, -0.25) is 29.7 Å². The number of anilines is 1. The van der Waals surface area contributed by atoms with E-state index in [0.717, 1.165) is 16.7 Å². The van der Waals surface area contributed by atoms with Crippen LogP contribution in [-0.2, 0) is 12.3 Å². The van der Waals surface area contributed by atoms with Crippen molar-refractivity contribution >= 4 is 62.4 Å². The standard InChI is InChI=1S/C28H21ClN8O2S2/c1-16-6-5-11-36-23(16)32-24-20(26(36)39)12-19(22(30)37(24)14-17-7-4-10-31-13-17)25(38)33-27-34-35-28(41-27)40-15-18-8-2-3-9-21(18)29/h2-13,30H,14-15H2,1H3,(H,33,34,38). The number of aryl methyl sites for hydroxylation is 1. The number of amides is 1. The summed E-state index contributed by atoms with van der Waals surface area (Å²) in [5.41, 5.74) is 2.94. The van der Waals surface area contributed by atoms with Gasteiger partial charge in [-0.15, -0.1) is 10.2 Å². The quantitative estimate of drug-likeness (QED) is 0.151. The average Bonchev–Trinajstić information content (AvgIpc) is 3.42. The fourth-order valence-corrected chi connectivity index (χ4v) is 6.37. The predicted octanol–water partition coefficient (Wildman–Crippen LogP) is 4.93. The van der Waals surface area contributed by atoms with E-state index in [1.807, 2.05) is 43.3 Å². The highest BCUT2D eigenvalue weighted by molar-refractivity contribution is 8.00. The third kappa shape index (κ3) is 5.36. The molecule has 0 aliphatic carbocycles. The first-order valence-electron chi connectivity index (χ1n) is 12.4. The molecule has 5 aromatic heterocycles. The molecule has 0 bridgehead atoms. The Bertz CT molecular complexity index is 2060. The zero-order valence-corrected chi connectivity index (χ0v) is 23.9. The monoisotopic (exact) mass is 600 g/mol. The summed E-state index contributed by atoms with van der Waals surface area (Å²) in [6.07, 6.45) is 4.97. The van der Waals surface area contributed by atoms with Crippen LogP contribution in [0.1, 0.15) is 27.0 Å². The van der Waals surface area contributed by atoms with E-state index in [9.17, 15) is 9.59 Å². The lowest BCUT2D eigenvalue weighted by molar-refractivity contribution is 0.102. The van der Waals surface area contributed by atoms with Gasteiger partial charge in [0.15, 0.2) is 4.34 Å². The fourth-order valence-electron chi connectivity index (χ4n) is 4.34. The minimum absolute atomic E-state index is 0.00774. The maximum atomic E-state index is 13.6.